The molecule has 0 aliphatic rings. The normalized spacial score (nSPS) is 10.1. The third kappa shape index (κ3) is 2.05. The van der Waals surface area contributed by atoms with Gasteiger partial charge in [0.2, 0.25) is 0 Å². The number of carbonyl (C=O) groups is 1. The first kappa shape index (κ1) is 10.3. The molecular formula is C10H11N5O. The van der Waals surface area contributed by atoms with Gasteiger partial charge in [-0.1, -0.05) is 0 Å². The van der Waals surface area contributed by atoms with Crippen LogP contribution in [0.3, 0.4) is 0 Å². The van der Waals surface area contributed by atoms with Gasteiger partial charge in [0.1, 0.15) is 5.82 Å². The number of hydrogen-bond donors (Lipinski definition) is 2. The Hall–Kier alpha value is -2.24. The van der Waals surface area contributed by atoms with Crippen LogP contribution in [-0.4, -0.2) is 26.3 Å². The topological polar surface area (TPSA) is 83.6 Å². The van der Waals surface area contributed by atoms with Crippen LogP contribution in [0.1, 0.15) is 21.7 Å². The summed E-state index contributed by atoms with van der Waals surface area (Å²) in [6, 6.07) is 3.38. The molecule has 0 fully saturated rings. The summed E-state index contributed by atoms with van der Waals surface area (Å²) in [6.45, 7) is 3.54. The lowest BCUT2D eigenvalue weighted by molar-refractivity contribution is 0.102. The smallest absolute Gasteiger partial charge is 0.258 e. The lowest BCUT2D eigenvalue weighted by Gasteiger charge is -2.05. The summed E-state index contributed by atoms with van der Waals surface area (Å²) in [5, 5.41) is 16.8. The first-order valence-electron chi connectivity index (χ1n) is 4.78. The molecule has 0 aliphatic heterocycles. The van der Waals surface area contributed by atoms with Gasteiger partial charge in [-0.2, -0.15) is 15.3 Å². The van der Waals surface area contributed by atoms with Gasteiger partial charge in [-0.25, -0.2) is 0 Å². The van der Waals surface area contributed by atoms with Crippen LogP contribution in [0.25, 0.3) is 0 Å². The average molecular weight is 217 g/mol. The highest BCUT2D eigenvalue weighted by atomic mass is 16.1. The molecule has 2 rings (SSSR count). The van der Waals surface area contributed by atoms with Gasteiger partial charge in [0.15, 0.2) is 0 Å². The molecule has 0 bridgehead atoms. The molecule has 6 nitrogen and oxygen atoms in total. The van der Waals surface area contributed by atoms with E-state index < -0.39 is 0 Å². The minimum atomic E-state index is -0.222. The van der Waals surface area contributed by atoms with Crippen molar-refractivity contribution in [1.29, 1.82) is 0 Å². The standard InChI is InChI=1S/C10H11N5O/c1-6-5-8(7(2)14-13-6)10(16)12-9-3-4-11-15-9/h3-5H,1-2H3,(H2,11,12,15,16). The lowest BCUT2D eigenvalue weighted by atomic mass is 10.2. The molecule has 0 aliphatic carbocycles. The molecule has 0 radical (unpaired) electrons. The van der Waals surface area contributed by atoms with E-state index in [0.29, 0.717) is 22.8 Å². The van der Waals surface area contributed by atoms with Gasteiger partial charge in [-0.15, -0.1) is 0 Å². The summed E-state index contributed by atoms with van der Waals surface area (Å²) in [7, 11) is 0. The molecule has 6 heteroatoms. The van der Waals surface area contributed by atoms with Gasteiger partial charge < -0.3 is 5.32 Å². The largest absolute Gasteiger partial charge is 0.307 e. The second kappa shape index (κ2) is 4.09. The van der Waals surface area contributed by atoms with Crippen LogP contribution in [0, 0.1) is 13.8 Å². The number of nitrogens with zero attached hydrogens (tertiary/aromatic N) is 3. The van der Waals surface area contributed by atoms with Crippen LogP contribution in [0.15, 0.2) is 18.3 Å². The maximum atomic E-state index is 11.9. The zero-order chi connectivity index (χ0) is 11.5. The van der Waals surface area contributed by atoms with Crippen LogP contribution in [-0.2, 0) is 0 Å². The average Bonchev–Trinajstić information content (AvgIpc) is 2.74. The van der Waals surface area contributed by atoms with Crippen LogP contribution < -0.4 is 5.32 Å². The molecule has 2 heterocycles. The maximum absolute atomic E-state index is 11.9. The van der Waals surface area contributed by atoms with E-state index in [-0.39, 0.29) is 5.91 Å². The van der Waals surface area contributed by atoms with E-state index in [2.05, 4.69) is 25.7 Å². The molecule has 0 unspecified atom stereocenters. The summed E-state index contributed by atoms with van der Waals surface area (Å²) in [5.74, 6) is 0.332. The maximum Gasteiger partial charge on any atom is 0.258 e. The van der Waals surface area contributed by atoms with Crippen molar-refractivity contribution in [2.45, 2.75) is 13.8 Å². The van der Waals surface area contributed by atoms with Crippen LogP contribution in [0.2, 0.25) is 0 Å². The Kier molecular flexibility index (Phi) is 2.63. The highest BCUT2D eigenvalue weighted by molar-refractivity contribution is 6.04. The molecule has 0 saturated carbocycles. The van der Waals surface area contributed by atoms with E-state index in [1.54, 1.807) is 32.2 Å². The Morgan fingerprint density at radius 2 is 2.19 bits per heavy atom. The number of rotatable bonds is 2. The van der Waals surface area contributed by atoms with Crippen molar-refractivity contribution in [2.75, 3.05) is 5.32 Å². The predicted octanol–water partition coefficient (Wildman–Crippen LogP) is 1.07. The lowest BCUT2D eigenvalue weighted by Crippen LogP contribution is -2.15. The van der Waals surface area contributed by atoms with E-state index in [1.165, 1.54) is 0 Å². The number of aromatic nitrogens is 4. The van der Waals surface area contributed by atoms with Crippen molar-refractivity contribution in [3.8, 4) is 0 Å². The molecule has 0 saturated heterocycles. The number of hydrogen-bond acceptors (Lipinski definition) is 4. The molecular weight excluding hydrogens is 206 g/mol. The number of amides is 1. The molecule has 1 amide bonds. The first-order valence-corrected chi connectivity index (χ1v) is 4.78. The van der Waals surface area contributed by atoms with E-state index >= 15 is 0 Å². The van der Waals surface area contributed by atoms with Gasteiger partial charge in [0.25, 0.3) is 5.91 Å². The minimum absolute atomic E-state index is 0.222. The number of H-pyrrole nitrogens is 1. The fourth-order valence-corrected chi connectivity index (χ4v) is 1.29. The monoisotopic (exact) mass is 217 g/mol. The second-order valence-corrected chi connectivity index (χ2v) is 3.41. The van der Waals surface area contributed by atoms with E-state index in [9.17, 15) is 4.79 Å². The Morgan fingerprint density at radius 3 is 2.88 bits per heavy atom. The van der Waals surface area contributed by atoms with Crippen LogP contribution in [0.5, 0.6) is 0 Å². The van der Waals surface area contributed by atoms with Crippen molar-refractivity contribution in [3.63, 3.8) is 0 Å². The predicted molar refractivity (Wildman–Crippen MR) is 58.0 cm³/mol. The molecule has 16 heavy (non-hydrogen) atoms. The zero-order valence-electron chi connectivity index (χ0n) is 8.98. The molecule has 2 aromatic heterocycles. The molecule has 0 atom stereocenters. The quantitative estimate of drug-likeness (QED) is 0.788. The Labute approximate surface area is 92.1 Å². The number of anilines is 1. The van der Waals surface area contributed by atoms with Gasteiger partial charge in [0, 0.05) is 6.07 Å². The Balaban J connectivity index is 2.24. The highest BCUT2D eigenvalue weighted by Gasteiger charge is 2.11. The Morgan fingerprint density at radius 1 is 1.38 bits per heavy atom. The van der Waals surface area contributed by atoms with Crippen molar-refractivity contribution < 1.29 is 4.79 Å². The number of carbonyl (C=O) groups excluding carboxylic acids is 1. The third-order valence-corrected chi connectivity index (χ3v) is 2.09. The van der Waals surface area contributed by atoms with Crippen LogP contribution in [0.4, 0.5) is 5.82 Å². The van der Waals surface area contributed by atoms with Gasteiger partial charge in [-0.3, -0.25) is 9.89 Å². The molecule has 0 spiro atoms. The number of aryl methyl sites for hydroxylation is 2. The Bertz CT molecular complexity index is 506. The second-order valence-electron chi connectivity index (χ2n) is 3.41. The fourth-order valence-electron chi connectivity index (χ4n) is 1.29. The summed E-state index contributed by atoms with van der Waals surface area (Å²) < 4.78 is 0. The van der Waals surface area contributed by atoms with Gasteiger partial charge in [-0.05, 0) is 19.9 Å². The molecule has 2 N–H and O–H groups in total. The summed E-state index contributed by atoms with van der Waals surface area (Å²) >= 11 is 0. The fraction of sp³-hybridized carbons (Fsp3) is 0.200. The van der Waals surface area contributed by atoms with Crippen molar-refractivity contribution in [2.24, 2.45) is 0 Å². The minimum Gasteiger partial charge on any atom is -0.307 e. The molecule has 2 aromatic rings. The summed E-state index contributed by atoms with van der Waals surface area (Å²) in [6.07, 6.45) is 1.57. The zero-order valence-corrected chi connectivity index (χ0v) is 8.98. The third-order valence-electron chi connectivity index (χ3n) is 2.09. The van der Waals surface area contributed by atoms with Gasteiger partial charge in [0.05, 0.1) is 23.1 Å². The van der Waals surface area contributed by atoms with Crippen molar-refractivity contribution in [3.05, 3.63) is 35.3 Å². The molecule has 82 valence electrons. The van der Waals surface area contributed by atoms with E-state index in [1.807, 2.05) is 0 Å². The molecule has 0 aromatic carbocycles. The van der Waals surface area contributed by atoms with E-state index in [4.69, 9.17) is 0 Å². The first-order chi connectivity index (χ1) is 7.66. The number of nitrogens with one attached hydrogen (secondary N) is 2. The highest BCUT2D eigenvalue weighted by Crippen LogP contribution is 2.08. The van der Waals surface area contributed by atoms with E-state index in [0.717, 1.165) is 0 Å². The SMILES string of the molecule is Cc1cc(C(=O)Nc2ccn[nH]2)c(C)nn1. The summed E-state index contributed by atoms with van der Waals surface area (Å²) in [5.41, 5.74) is 1.82. The van der Waals surface area contributed by atoms with Gasteiger partial charge >= 0.3 is 0 Å². The van der Waals surface area contributed by atoms with Crippen molar-refractivity contribution in [1.82, 2.24) is 20.4 Å². The van der Waals surface area contributed by atoms with Crippen molar-refractivity contribution >= 4 is 11.7 Å². The number of aromatic amines is 1. The van der Waals surface area contributed by atoms with Crippen LogP contribution >= 0.6 is 0 Å². The summed E-state index contributed by atoms with van der Waals surface area (Å²) in [4.78, 5) is 11.9.